The van der Waals surface area contributed by atoms with Crippen LogP contribution in [0.15, 0.2) is 73.2 Å². The minimum Gasteiger partial charge on any atom is -0.487 e. The molecule has 3 heterocycles. The molecule has 332 valence electrons. The van der Waals surface area contributed by atoms with Gasteiger partial charge in [0, 0.05) is 28.6 Å². The quantitative estimate of drug-likeness (QED) is 0.0522. The number of thiophene rings is 1. The summed E-state index contributed by atoms with van der Waals surface area (Å²) in [4.78, 5) is 44.7. The monoisotopic (exact) mass is 911 g/mol. The lowest BCUT2D eigenvalue weighted by Gasteiger charge is -2.21. The Kier molecular flexibility index (Phi) is 14.6. The van der Waals surface area contributed by atoms with Gasteiger partial charge < -0.3 is 34.2 Å². The number of rotatable bonds is 17. The number of nitrogens with zero attached hydrogens (tertiary/aromatic N) is 4. The molecule has 13 nitrogen and oxygen atoms in total. The molecule has 6 rings (SSSR count). The first kappa shape index (κ1) is 46.2. The Bertz CT molecular complexity index is 2590. The maximum absolute atomic E-state index is 14.1. The topological polar surface area (TPSA) is 167 Å². The van der Waals surface area contributed by atoms with Crippen molar-refractivity contribution < 1.29 is 55.6 Å². The van der Waals surface area contributed by atoms with Crippen LogP contribution < -0.4 is 24.7 Å². The zero-order chi connectivity index (χ0) is 45.5. The van der Waals surface area contributed by atoms with Crippen molar-refractivity contribution in [1.82, 2.24) is 19.9 Å². The molecule has 0 aliphatic carbocycles. The molecule has 2 N–H and O–H groups in total. The molecule has 1 atom stereocenters. The minimum absolute atomic E-state index is 0.00289. The van der Waals surface area contributed by atoms with Gasteiger partial charge in [-0.05, 0) is 93.8 Å². The van der Waals surface area contributed by atoms with Gasteiger partial charge in [-0.15, -0.1) is 11.3 Å². The fraction of sp³-hybridized carbons (Fsp3) is 0.318. The molecule has 0 bridgehead atoms. The summed E-state index contributed by atoms with van der Waals surface area (Å²) >= 11 is 7.97. The van der Waals surface area contributed by atoms with Gasteiger partial charge in [-0.2, -0.15) is 18.2 Å². The molecule has 0 saturated heterocycles. The third-order valence-corrected chi connectivity index (χ3v) is 10.6. The van der Waals surface area contributed by atoms with Gasteiger partial charge >= 0.3 is 24.1 Å². The second kappa shape index (κ2) is 19.8. The second-order valence-corrected chi connectivity index (χ2v) is 16.2. The van der Waals surface area contributed by atoms with Gasteiger partial charge in [-0.1, -0.05) is 29.8 Å². The van der Waals surface area contributed by atoms with Crippen LogP contribution in [0.4, 0.5) is 23.2 Å². The third kappa shape index (κ3) is 12.2. The molecule has 6 aromatic rings. The van der Waals surface area contributed by atoms with Gasteiger partial charge in [0.05, 0.1) is 34.8 Å². The summed E-state index contributed by atoms with van der Waals surface area (Å²) in [6.45, 7) is 7.31. The van der Waals surface area contributed by atoms with Gasteiger partial charge in [-0.25, -0.2) is 28.9 Å². The molecule has 0 spiro atoms. The molecule has 3 aromatic heterocycles. The highest BCUT2D eigenvalue weighted by atomic mass is 35.5. The van der Waals surface area contributed by atoms with Crippen molar-refractivity contribution in [1.29, 1.82) is 0 Å². The molecule has 0 amide bonds. The Morgan fingerprint density at radius 2 is 1.71 bits per heavy atom. The summed E-state index contributed by atoms with van der Waals surface area (Å²) in [7, 11) is 0. The van der Waals surface area contributed by atoms with Crippen LogP contribution in [0.3, 0.4) is 0 Å². The summed E-state index contributed by atoms with van der Waals surface area (Å²) in [5.41, 5.74) is 8.97. The summed E-state index contributed by atoms with van der Waals surface area (Å²) in [6.07, 6.45) is -4.58. The average Bonchev–Trinajstić information content (AvgIpc) is 3.61. The second-order valence-electron chi connectivity index (χ2n) is 14.9. The summed E-state index contributed by atoms with van der Waals surface area (Å²) in [5.74, 6) is -1.33. The molecule has 0 radical (unpaired) electrons. The number of fused-ring (bicyclic) bond motifs is 1. The van der Waals surface area contributed by atoms with Crippen molar-refractivity contribution in [3.63, 3.8) is 0 Å². The van der Waals surface area contributed by atoms with E-state index in [-0.39, 0.29) is 48.7 Å². The maximum atomic E-state index is 14.1. The Morgan fingerprint density at radius 1 is 0.952 bits per heavy atom. The van der Waals surface area contributed by atoms with Gasteiger partial charge in [0.1, 0.15) is 47.3 Å². The predicted octanol–water partition coefficient (Wildman–Crippen LogP) is 9.68. The molecule has 0 saturated carbocycles. The van der Waals surface area contributed by atoms with Crippen molar-refractivity contribution >= 4 is 50.8 Å². The number of alkyl halides is 3. The van der Waals surface area contributed by atoms with Crippen molar-refractivity contribution in [2.75, 3.05) is 25.6 Å². The van der Waals surface area contributed by atoms with E-state index in [2.05, 4.69) is 19.9 Å². The first-order valence-electron chi connectivity index (χ1n) is 19.4. The van der Waals surface area contributed by atoms with Gasteiger partial charge in [0.2, 0.25) is 12.0 Å². The Balaban J connectivity index is 1.39. The van der Waals surface area contributed by atoms with Gasteiger partial charge in [-0.3, -0.25) is 0 Å². The molecule has 1 unspecified atom stereocenters. The number of anilines is 1. The van der Waals surface area contributed by atoms with Crippen LogP contribution in [0.1, 0.15) is 50.9 Å². The zero-order valence-corrected chi connectivity index (χ0v) is 36.3. The summed E-state index contributed by atoms with van der Waals surface area (Å²) in [6, 6.07) is 15.3. The van der Waals surface area contributed by atoms with E-state index in [4.69, 9.17) is 45.8 Å². The number of nitrogens with two attached hydrogens (primary N) is 1. The van der Waals surface area contributed by atoms with Gasteiger partial charge in [0.15, 0.2) is 6.61 Å². The Hall–Kier alpha value is -6.27. The fourth-order valence-corrected chi connectivity index (χ4v) is 7.49. The number of aromatic nitrogens is 4. The molecular weight excluding hydrogens is 870 g/mol. The van der Waals surface area contributed by atoms with E-state index in [1.807, 2.05) is 0 Å². The highest BCUT2D eigenvalue weighted by molar-refractivity contribution is 7.22. The summed E-state index contributed by atoms with van der Waals surface area (Å²) < 4.78 is 86.7. The van der Waals surface area contributed by atoms with Crippen LogP contribution in [0.25, 0.3) is 31.8 Å². The van der Waals surface area contributed by atoms with Crippen LogP contribution in [0, 0.1) is 12.7 Å². The van der Waals surface area contributed by atoms with E-state index >= 15 is 0 Å². The largest absolute Gasteiger partial charge is 0.487 e. The first-order chi connectivity index (χ1) is 29.9. The number of carbonyl (C=O) groups is 2. The van der Waals surface area contributed by atoms with Crippen molar-refractivity contribution in [3.8, 4) is 45.0 Å². The number of hydrogen-bond donors (Lipinski definition) is 1. The van der Waals surface area contributed by atoms with E-state index in [9.17, 15) is 27.2 Å². The molecule has 0 fully saturated rings. The Morgan fingerprint density at radius 3 is 2.43 bits per heavy atom. The highest BCUT2D eigenvalue weighted by Crippen LogP contribution is 2.49. The van der Waals surface area contributed by atoms with Gasteiger partial charge in [0.25, 0.3) is 0 Å². The van der Waals surface area contributed by atoms with E-state index in [0.29, 0.717) is 53.6 Å². The third-order valence-electron chi connectivity index (χ3n) is 8.95. The maximum Gasteiger partial charge on any atom is 0.392 e. The van der Waals surface area contributed by atoms with Crippen LogP contribution >= 0.6 is 22.9 Å². The fourth-order valence-electron chi connectivity index (χ4n) is 6.17. The zero-order valence-electron chi connectivity index (χ0n) is 34.7. The number of ether oxygens (including phenoxy) is 6. The first-order valence-corrected chi connectivity index (χ1v) is 20.6. The number of esters is 2. The summed E-state index contributed by atoms with van der Waals surface area (Å²) in [5, 5.41) is 0.761. The lowest BCUT2D eigenvalue weighted by molar-refractivity contribution is -0.157. The number of carbonyl (C=O) groups excluding carboxylic acids is 2. The Labute approximate surface area is 368 Å². The smallest absolute Gasteiger partial charge is 0.392 e. The predicted molar refractivity (Wildman–Crippen MR) is 227 cm³/mol. The number of nitrogen functional groups attached to an aromatic ring is 1. The normalized spacial score (nSPS) is 12.2. The molecule has 63 heavy (non-hydrogen) atoms. The molecule has 19 heteroatoms. The number of benzene rings is 3. The van der Waals surface area contributed by atoms with Crippen LogP contribution in [0.2, 0.25) is 5.02 Å². The van der Waals surface area contributed by atoms with Crippen LogP contribution in [-0.4, -0.2) is 69.6 Å². The number of hydrogen-bond acceptors (Lipinski definition) is 14. The SMILES string of the molecule is CCOC(=O)C(Cc1cc(OCC(=O)OC(C)(C)C)ccc1OCc1ccnc(OCCC(F)(F)F)n1)Oc1ncnc2sc(-c3ccc(F)cc3)c(-c3ccc(N)c(Cl)c3C)c12. The van der Waals surface area contributed by atoms with Crippen molar-refractivity contribution in [3.05, 3.63) is 101 Å². The van der Waals surface area contributed by atoms with Crippen molar-refractivity contribution in [2.24, 2.45) is 0 Å². The highest BCUT2D eigenvalue weighted by Gasteiger charge is 2.30. The molecule has 3 aromatic carbocycles. The molecular formula is C44H42ClF4N5O8S. The van der Waals surface area contributed by atoms with Crippen LogP contribution in [-0.2, 0) is 32.1 Å². The van der Waals surface area contributed by atoms with Crippen LogP contribution in [0.5, 0.6) is 23.4 Å². The lowest BCUT2D eigenvalue weighted by Crippen LogP contribution is -2.32. The number of halogens is 5. The lowest BCUT2D eigenvalue weighted by atomic mass is 9.95. The minimum atomic E-state index is -4.42. The van der Waals surface area contributed by atoms with Crippen molar-refractivity contribution in [2.45, 2.75) is 71.9 Å². The van der Waals surface area contributed by atoms with E-state index in [1.54, 1.807) is 71.0 Å². The molecule has 0 aliphatic rings. The van der Waals surface area contributed by atoms with E-state index in [0.717, 1.165) is 0 Å². The molecule has 0 aliphatic heterocycles. The average molecular weight is 912 g/mol. The van der Waals surface area contributed by atoms with E-state index < -0.39 is 55.3 Å². The van der Waals surface area contributed by atoms with E-state index in [1.165, 1.54) is 48.1 Å². The standard InChI is InChI=1S/C44H42ClF4N5O8S/c1-6-57-41(56)33(61-39-36-35(30-12-13-31(50)37(45)24(30)2)38(63-40(36)53-23-52-39)25-7-9-27(46)10-8-25)20-26-19-29(59-22-34(55)62-43(3,4)5)11-14-32(26)60-21-28-15-17-51-42(54-28)58-18-16-44(47,48)49/h7-15,17,19,23,33H,6,16,18,20-22,50H2,1-5H3.